The van der Waals surface area contributed by atoms with E-state index in [1.165, 1.54) is 0 Å². The summed E-state index contributed by atoms with van der Waals surface area (Å²) in [6, 6.07) is 7.04. The van der Waals surface area contributed by atoms with Gasteiger partial charge in [-0.1, -0.05) is 13.8 Å². The highest BCUT2D eigenvalue weighted by molar-refractivity contribution is 5.96. The number of carbonyl (C=O) groups excluding carboxylic acids is 2. The average Bonchev–Trinajstić information content (AvgIpc) is 2.47. The van der Waals surface area contributed by atoms with Crippen LogP contribution in [0.15, 0.2) is 24.3 Å². The van der Waals surface area contributed by atoms with Gasteiger partial charge in [-0.05, 0) is 44.2 Å². The molecule has 0 radical (unpaired) electrons. The predicted molar refractivity (Wildman–Crippen MR) is 92.7 cm³/mol. The summed E-state index contributed by atoms with van der Waals surface area (Å²) in [7, 11) is 1.72. The molecule has 124 valence electrons. The van der Waals surface area contributed by atoms with Gasteiger partial charge in [0.2, 0.25) is 5.91 Å². The largest absolute Gasteiger partial charge is 0.339 e. The third-order valence-corrected chi connectivity index (χ3v) is 3.03. The Hall–Kier alpha value is -1.59. The first-order valence-corrected chi connectivity index (χ1v) is 7.46. The van der Waals surface area contributed by atoms with Crippen LogP contribution in [0, 0.1) is 0 Å². The Labute approximate surface area is 138 Å². The Morgan fingerprint density at radius 2 is 1.59 bits per heavy atom. The van der Waals surface area contributed by atoms with Gasteiger partial charge in [-0.15, -0.1) is 12.4 Å². The maximum atomic E-state index is 12.4. The van der Waals surface area contributed by atoms with Crippen molar-refractivity contribution < 1.29 is 9.59 Å². The number of benzene rings is 1. The van der Waals surface area contributed by atoms with Crippen LogP contribution in [0.1, 0.15) is 37.0 Å². The van der Waals surface area contributed by atoms with E-state index in [1.807, 2.05) is 4.90 Å². The summed E-state index contributed by atoms with van der Waals surface area (Å²) < 4.78 is 0. The highest BCUT2D eigenvalue weighted by Gasteiger charge is 2.14. The second-order valence-corrected chi connectivity index (χ2v) is 4.95. The molecule has 0 saturated carbocycles. The van der Waals surface area contributed by atoms with E-state index in [4.69, 9.17) is 0 Å². The first kappa shape index (κ1) is 20.4. The van der Waals surface area contributed by atoms with Crippen molar-refractivity contribution in [2.24, 2.45) is 0 Å². The molecule has 1 aromatic carbocycles. The van der Waals surface area contributed by atoms with E-state index in [9.17, 15) is 9.59 Å². The lowest BCUT2D eigenvalue weighted by Crippen LogP contribution is -2.32. The number of halogens is 1. The number of rotatable bonds is 8. The highest BCUT2D eigenvalue weighted by Crippen LogP contribution is 2.12. The lowest BCUT2D eigenvalue weighted by Gasteiger charge is -2.21. The minimum Gasteiger partial charge on any atom is -0.339 e. The molecule has 0 saturated heterocycles. The molecule has 0 spiro atoms. The fourth-order valence-electron chi connectivity index (χ4n) is 2.10. The minimum absolute atomic E-state index is 0. The number of likely N-dealkylation sites (N-methyl/N-ethyl adjacent to an activating group) is 1. The van der Waals surface area contributed by atoms with Crippen LogP contribution < -0.4 is 10.6 Å². The Bertz CT molecular complexity index is 457. The standard InChI is InChI=1S/C16H25N3O2.ClH/c1-4-10-19(11-5-2)16(21)13-6-8-14(9-7-13)18-15(20)12-17-3;/h6-9,17H,4-5,10-12H2,1-3H3,(H,18,20);1H. The number of nitrogens with zero attached hydrogens (tertiary/aromatic N) is 1. The molecule has 0 bridgehead atoms. The SMILES string of the molecule is CCCN(CCC)C(=O)c1ccc(NC(=O)CNC)cc1.Cl. The number of hydrogen-bond acceptors (Lipinski definition) is 3. The molecule has 5 nitrogen and oxygen atoms in total. The van der Waals surface area contributed by atoms with Crippen LogP contribution in [-0.4, -0.2) is 43.4 Å². The van der Waals surface area contributed by atoms with Crippen molar-refractivity contribution in [3.05, 3.63) is 29.8 Å². The maximum absolute atomic E-state index is 12.4. The number of hydrogen-bond donors (Lipinski definition) is 2. The average molecular weight is 328 g/mol. The summed E-state index contributed by atoms with van der Waals surface area (Å²) in [6.07, 6.45) is 1.90. The van der Waals surface area contributed by atoms with Gasteiger partial charge in [0.1, 0.15) is 0 Å². The molecule has 0 aliphatic rings. The summed E-state index contributed by atoms with van der Waals surface area (Å²) in [6.45, 7) is 5.94. The molecule has 0 atom stereocenters. The van der Waals surface area contributed by atoms with Gasteiger partial charge in [0, 0.05) is 24.3 Å². The second kappa shape index (κ2) is 11.0. The van der Waals surface area contributed by atoms with Gasteiger partial charge in [-0.25, -0.2) is 0 Å². The van der Waals surface area contributed by atoms with E-state index in [2.05, 4.69) is 24.5 Å². The third kappa shape index (κ3) is 6.45. The Kier molecular flexibility index (Phi) is 10.2. The molecule has 0 fully saturated rings. The number of carbonyl (C=O) groups is 2. The zero-order valence-electron chi connectivity index (χ0n) is 13.5. The van der Waals surface area contributed by atoms with Gasteiger partial charge in [-0.3, -0.25) is 9.59 Å². The highest BCUT2D eigenvalue weighted by atomic mass is 35.5. The predicted octanol–water partition coefficient (Wildman–Crippen LogP) is 2.53. The lowest BCUT2D eigenvalue weighted by atomic mass is 10.1. The fraction of sp³-hybridized carbons (Fsp3) is 0.500. The van der Waals surface area contributed by atoms with Crippen LogP contribution in [0.2, 0.25) is 0 Å². The van der Waals surface area contributed by atoms with Gasteiger partial charge in [0.25, 0.3) is 5.91 Å². The molecule has 22 heavy (non-hydrogen) atoms. The molecule has 0 aliphatic carbocycles. The van der Waals surface area contributed by atoms with Crippen molar-refractivity contribution in [3.63, 3.8) is 0 Å². The fourth-order valence-corrected chi connectivity index (χ4v) is 2.10. The van der Waals surface area contributed by atoms with Gasteiger partial charge in [0.15, 0.2) is 0 Å². The molecule has 1 rings (SSSR count). The van der Waals surface area contributed by atoms with Gasteiger partial charge >= 0.3 is 0 Å². The van der Waals surface area contributed by atoms with Crippen molar-refractivity contribution in [2.45, 2.75) is 26.7 Å². The van der Waals surface area contributed by atoms with Gasteiger partial charge in [0.05, 0.1) is 6.54 Å². The monoisotopic (exact) mass is 327 g/mol. The molecule has 0 aliphatic heterocycles. The first-order valence-electron chi connectivity index (χ1n) is 7.46. The molecule has 0 unspecified atom stereocenters. The number of anilines is 1. The normalized spacial score (nSPS) is 9.77. The van der Waals surface area contributed by atoms with Crippen LogP contribution in [0.5, 0.6) is 0 Å². The Morgan fingerprint density at radius 1 is 1.05 bits per heavy atom. The van der Waals surface area contributed by atoms with E-state index in [1.54, 1.807) is 31.3 Å². The Balaban J connectivity index is 0.00000441. The second-order valence-electron chi connectivity index (χ2n) is 4.95. The van der Waals surface area contributed by atoms with E-state index >= 15 is 0 Å². The minimum atomic E-state index is -0.102. The van der Waals surface area contributed by atoms with Crippen molar-refractivity contribution in [2.75, 3.05) is 32.0 Å². The molecular formula is C16H26ClN3O2. The summed E-state index contributed by atoms with van der Waals surface area (Å²) >= 11 is 0. The quantitative estimate of drug-likeness (QED) is 0.771. The van der Waals surface area contributed by atoms with Crippen molar-refractivity contribution in [1.29, 1.82) is 0 Å². The van der Waals surface area contributed by atoms with Crippen molar-refractivity contribution >= 4 is 29.9 Å². The number of amides is 2. The van der Waals surface area contributed by atoms with Crippen LogP contribution in [0.3, 0.4) is 0 Å². The molecule has 0 aromatic heterocycles. The van der Waals surface area contributed by atoms with Gasteiger partial charge in [-0.2, -0.15) is 0 Å². The molecule has 2 N–H and O–H groups in total. The summed E-state index contributed by atoms with van der Waals surface area (Å²) in [5.41, 5.74) is 1.35. The summed E-state index contributed by atoms with van der Waals surface area (Å²) in [4.78, 5) is 25.7. The smallest absolute Gasteiger partial charge is 0.253 e. The van der Waals surface area contributed by atoms with Gasteiger partial charge < -0.3 is 15.5 Å². The van der Waals surface area contributed by atoms with E-state index < -0.39 is 0 Å². The van der Waals surface area contributed by atoms with E-state index in [0.29, 0.717) is 11.3 Å². The van der Waals surface area contributed by atoms with Crippen molar-refractivity contribution in [3.8, 4) is 0 Å². The third-order valence-electron chi connectivity index (χ3n) is 3.03. The van der Waals surface area contributed by atoms with Crippen LogP contribution in [0.4, 0.5) is 5.69 Å². The summed E-state index contributed by atoms with van der Waals surface area (Å²) in [5, 5.41) is 5.55. The molecule has 1 aromatic rings. The van der Waals surface area contributed by atoms with Crippen LogP contribution in [0.25, 0.3) is 0 Å². The van der Waals surface area contributed by atoms with E-state index in [0.717, 1.165) is 25.9 Å². The summed E-state index contributed by atoms with van der Waals surface area (Å²) in [5.74, 6) is -0.0537. The zero-order chi connectivity index (χ0) is 15.7. The van der Waals surface area contributed by atoms with Crippen LogP contribution in [-0.2, 0) is 4.79 Å². The first-order chi connectivity index (χ1) is 10.1. The molecule has 6 heteroatoms. The maximum Gasteiger partial charge on any atom is 0.253 e. The van der Waals surface area contributed by atoms with Crippen molar-refractivity contribution in [1.82, 2.24) is 10.2 Å². The topological polar surface area (TPSA) is 61.4 Å². The van der Waals surface area contributed by atoms with E-state index in [-0.39, 0.29) is 30.8 Å². The Morgan fingerprint density at radius 3 is 2.05 bits per heavy atom. The number of nitrogens with one attached hydrogen (secondary N) is 2. The zero-order valence-corrected chi connectivity index (χ0v) is 14.3. The molecule has 0 heterocycles. The molecular weight excluding hydrogens is 302 g/mol. The lowest BCUT2D eigenvalue weighted by molar-refractivity contribution is -0.115. The molecule has 2 amide bonds. The van der Waals surface area contributed by atoms with Crippen LogP contribution >= 0.6 is 12.4 Å².